The van der Waals surface area contributed by atoms with E-state index in [4.69, 9.17) is 0 Å². The highest BCUT2D eigenvalue weighted by molar-refractivity contribution is 5.89. The zero-order valence-electron chi connectivity index (χ0n) is 13.9. The molecular formula is C18H23N5O. The number of piperidine rings is 1. The van der Waals surface area contributed by atoms with Crippen LogP contribution in [0.4, 0.5) is 16.3 Å². The van der Waals surface area contributed by atoms with E-state index in [1.807, 2.05) is 31.2 Å². The van der Waals surface area contributed by atoms with Crippen LogP contribution in [0.3, 0.4) is 0 Å². The number of amides is 2. The Kier molecular flexibility index (Phi) is 5.25. The first kappa shape index (κ1) is 16.2. The van der Waals surface area contributed by atoms with Crippen LogP contribution in [0.5, 0.6) is 0 Å². The number of nitrogens with one attached hydrogen (secondary N) is 2. The summed E-state index contributed by atoms with van der Waals surface area (Å²) in [5.74, 6) is 1.43. The number of aromatic nitrogens is 2. The first-order valence-corrected chi connectivity index (χ1v) is 8.33. The molecule has 6 nitrogen and oxygen atoms in total. The van der Waals surface area contributed by atoms with E-state index in [0.29, 0.717) is 12.5 Å². The van der Waals surface area contributed by atoms with Crippen LogP contribution in [0.25, 0.3) is 0 Å². The van der Waals surface area contributed by atoms with Gasteiger partial charge in [0.15, 0.2) is 0 Å². The van der Waals surface area contributed by atoms with E-state index in [2.05, 4.69) is 25.5 Å². The molecule has 0 bridgehead atoms. The predicted molar refractivity (Wildman–Crippen MR) is 95.2 cm³/mol. The van der Waals surface area contributed by atoms with Crippen molar-refractivity contribution in [1.29, 1.82) is 0 Å². The first-order valence-electron chi connectivity index (χ1n) is 8.33. The average molecular weight is 325 g/mol. The van der Waals surface area contributed by atoms with E-state index in [1.54, 1.807) is 18.6 Å². The molecule has 1 aliphatic rings. The van der Waals surface area contributed by atoms with Gasteiger partial charge in [-0.3, -0.25) is 4.98 Å². The van der Waals surface area contributed by atoms with Crippen LogP contribution in [0, 0.1) is 12.8 Å². The van der Waals surface area contributed by atoms with Crippen LogP contribution in [-0.4, -0.2) is 35.6 Å². The second-order valence-electron chi connectivity index (χ2n) is 6.20. The molecule has 3 rings (SSSR count). The van der Waals surface area contributed by atoms with Crippen LogP contribution >= 0.6 is 0 Å². The minimum absolute atomic E-state index is 0.142. The number of nitrogens with zero attached hydrogens (tertiary/aromatic N) is 3. The molecule has 0 unspecified atom stereocenters. The summed E-state index contributed by atoms with van der Waals surface area (Å²) in [6.07, 6.45) is 7.29. The Bertz CT molecular complexity index is 668. The Morgan fingerprint density at radius 1 is 1.29 bits per heavy atom. The Hall–Kier alpha value is -2.63. The maximum absolute atomic E-state index is 12.0. The Balaban J connectivity index is 1.41. The third-order valence-electron chi connectivity index (χ3n) is 4.32. The van der Waals surface area contributed by atoms with Crippen molar-refractivity contribution in [1.82, 2.24) is 15.3 Å². The third-order valence-corrected chi connectivity index (χ3v) is 4.32. The number of anilines is 2. The van der Waals surface area contributed by atoms with Crippen molar-refractivity contribution in [2.75, 3.05) is 29.9 Å². The summed E-state index contributed by atoms with van der Waals surface area (Å²) in [6.45, 7) is 4.61. The maximum Gasteiger partial charge on any atom is 0.319 e. The number of carbonyl (C=O) groups excluding carboxylic acids is 1. The molecule has 1 saturated heterocycles. The number of aryl methyl sites for hydroxylation is 1. The van der Waals surface area contributed by atoms with Gasteiger partial charge < -0.3 is 15.5 Å². The molecule has 0 aliphatic carbocycles. The summed E-state index contributed by atoms with van der Waals surface area (Å²) >= 11 is 0. The van der Waals surface area contributed by atoms with Crippen LogP contribution in [0.2, 0.25) is 0 Å². The van der Waals surface area contributed by atoms with Gasteiger partial charge in [0.1, 0.15) is 5.82 Å². The molecule has 2 N–H and O–H groups in total. The largest absolute Gasteiger partial charge is 0.355 e. The monoisotopic (exact) mass is 325 g/mol. The maximum atomic E-state index is 12.0. The van der Waals surface area contributed by atoms with Crippen molar-refractivity contribution < 1.29 is 4.79 Å². The van der Waals surface area contributed by atoms with Gasteiger partial charge in [-0.05, 0) is 43.4 Å². The fraction of sp³-hybridized carbons (Fsp3) is 0.389. The first-order chi connectivity index (χ1) is 11.7. The molecule has 1 aliphatic heterocycles. The third kappa shape index (κ3) is 4.44. The molecule has 1 fully saturated rings. The Morgan fingerprint density at radius 3 is 2.83 bits per heavy atom. The lowest BCUT2D eigenvalue weighted by Crippen LogP contribution is -2.40. The quantitative estimate of drug-likeness (QED) is 0.907. The van der Waals surface area contributed by atoms with E-state index in [9.17, 15) is 4.79 Å². The van der Waals surface area contributed by atoms with Crippen molar-refractivity contribution in [3.8, 4) is 0 Å². The summed E-state index contributed by atoms with van der Waals surface area (Å²) in [7, 11) is 0. The van der Waals surface area contributed by atoms with Gasteiger partial charge in [-0.1, -0.05) is 12.1 Å². The van der Waals surface area contributed by atoms with Crippen molar-refractivity contribution >= 4 is 17.5 Å². The summed E-state index contributed by atoms with van der Waals surface area (Å²) in [4.78, 5) is 22.7. The zero-order valence-corrected chi connectivity index (χ0v) is 13.9. The number of rotatable bonds is 4. The van der Waals surface area contributed by atoms with Crippen molar-refractivity contribution in [2.24, 2.45) is 5.92 Å². The van der Waals surface area contributed by atoms with E-state index in [-0.39, 0.29) is 6.03 Å². The van der Waals surface area contributed by atoms with Crippen molar-refractivity contribution in [3.63, 3.8) is 0 Å². The van der Waals surface area contributed by atoms with E-state index >= 15 is 0 Å². The van der Waals surface area contributed by atoms with Crippen LogP contribution in [0.15, 0.2) is 42.9 Å². The summed E-state index contributed by atoms with van der Waals surface area (Å²) in [5.41, 5.74) is 1.95. The SMILES string of the molecule is Cc1cccc(NC(=O)NCC2CCN(c3cnccn3)CC2)c1. The zero-order chi connectivity index (χ0) is 16.8. The molecule has 0 spiro atoms. The Labute approximate surface area is 142 Å². The topological polar surface area (TPSA) is 70.2 Å². The van der Waals surface area contributed by atoms with Crippen molar-refractivity contribution in [2.45, 2.75) is 19.8 Å². The highest BCUT2D eigenvalue weighted by Crippen LogP contribution is 2.20. The molecule has 0 atom stereocenters. The normalized spacial score (nSPS) is 15.1. The highest BCUT2D eigenvalue weighted by Gasteiger charge is 2.20. The van der Waals surface area contributed by atoms with Crippen LogP contribution in [-0.2, 0) is 0 Å². The fourth-order valence-electron chi connectivity index (χ4n) is 2.96. The number of hydrogen-bond acceptors (Lipinski definition) is 4. The predicted octanol–water partition coefficient (Wildman–Crippen LogP) is 2.82. The lowest BCUT2D eigenvalue weighted by atomic mass is 9.97. The van der Waals surface area contributed by atoms with Crippen LogP contribution in [0.1, 0.15) is 18.4 Å². The van der Waals surface area contributed by atoms with Gasteiger partial charge in [-0.2, -0.15) is 0 Å². The fourth-order valence-corrected chi connectivity index (χ4v) is 2.96. The number of carbonyl (C=O) groups is 1. The molecule has 2 aromatic rings. The van der Waals surface area contributed by atoms with Gasteiger partial charge in [0.05, 0.1) is 6.20 Å². The summed E-state index contributed by atoms with van der Waals surface area (Å²) in [6, 6.07) is 7.66. The molecule has 0 radical (unpaired) electrons. The summed E-state index contributed by atoms with van der Waals surface area (Å²) in [5, 5.41) is 5.86. The van der Waals surface area contributed by atoms with Crippen LogP contribution < -0.4 is 15.5 Å². The van der Waals surface area contributed by atoms with E-state index in [1.165, 1.54) is 0 Å². The second-order valence-corrected chi connectivity index (χ2v) is 6.20. The number of hydrogen-bond donors (Lipinski definition) is 2. The molecule has 0 saturated carbocycles. The highest BCUT2D eigenvalue weighted by atomic mass is 16.2. The molecule has 2 amide bonds. The molecule has 2 heterocycles. The summed E-state index contributed by atoms with van der Waals surface area (Å²) < 4.78 is 0. The lowest BCUT2D eigenvalue weighted by Gasteiger charge is -2.32. The van der Waals surface area contributed by atoms with Gasteiger partial charge in [0.25, 0.3) is 0 Å². The molecule has 126 valence electrons. The van der Waals surface area contributed by atoms with Gasteiger partial charge in [0, 0.05) is 37.7 Å². The Morgan fingerprint density at radius 2 is 2.12 bits per heavy atom. The second kappa shape index (κ2) is 7.77. The minimum Gasteiger partial charge on any atom is -0.355 e. The molecule has 1 aromatic carbocycles. The smallest absolute Gasteiger partial charge is 0.319 e. The molecule has 24 heavy (non-hydrogen) atoms. The van der Waals surface area contributed by atoms with E-state index in [0.717, 1.165) is 43.0 Å². The lowest BCUT2D eigenvalue weighted by molar-refractivity contribution is 0.248. The molecule has 6 heteroatoms. The van der Waals surface area contributed by atoms with E-state index < -0.39 is 0 Å². The van der Waals surface area contributed by atoms with Gasteiger partial charge >= 0.3 is 6.03 Å². The van der Waals surface area contributed by atoms with Gasteiger partial charge in [0.2, 0.25) is 0 Å². The van der Waals surface area contributed by atoms with Gasteiger partial charge in [-0.15, -0.1) is 0 Å². The number of benzene rings is 1. The standard InChI is InChI=1S/C18H23N5O/c1-14-3-2-4-16(11-14)22-18(24)21-12-15-5-9-23(10-6-15)17-13-19-7-8-20-17/h2-4,7-8,11,13,15H,5-6,9-10,12H2,1H3,(H2,21,22,24). The molecule has 1 aromatic heterocycles. The van der Waals surface area contributed by atoms with Crippen molar-refractivity contribution in [3.05, 3.63) is 48.4 Å². The van der Waals surface area contributed by atoms with Gasteiger partial charge in [-0.25, -0.2) is 9.78 Å². The molecular weight excluding hydrogens is 302 g/mol. The minimum atomic E-state index is -0.142. The average Bonchev–Trinajstić information content (AvgIpc) is 2.61. The number of urea groups is 1.